The Morgan fingerprint density at radius 3 is 3.26 bits per heavy atom. The van der Waals surface area contributed by atoms with E-state index in [1.807, 2.05) is 0 Å². The van der Waals surface area contributed by atoms with Gasteiger partial charge in [0.05, 0.1) is 6.61 Å². The lowest BCUT2D eigenvalue weighted by atomic mass is 10.1. The number of carbonyl (C=O) groups is 1. The Morgan fingerprint density at radius 2 is 2.42 bits per heavy atom. The zero-order valence-corrected chi connectivity index (χ0v) is 11.3. The number of morpholine rings is 1. The highest BCUT2D eigenvalue weighted by Crippen LogP contribution is 2.21. The second kappa shape index (κ2) is 5.69. The normalized spacial score (nSPS) is 19.5. The van der Waals surface area contributed by atoms with Gasteiger partial charge in [-0.1, -0.05) is 6.07 Å². The summed E-state index contributed by atoms with van der Waals surface area (Å²) in [6, 6.07) is 8.37. The number of benzene rings is 1. The molecule has 0 saturated carbocycles. The van der Waals surface area contributed by atoms with Crippen molar-refractivity contribution in [1.29, 1.82) is 0 Å². The minimum Gasteiger partial charge on any atom is -0.366 e. The van der Waals surface area contributed by atoms with Gasteiger partial charge in [-0.3, -0.25) is 4.79 Å². The average molecular weight is 276 g/mol. The van der Waals surface area contributed by atoms with Gasteiger partial charge in [-0.15, -0.1) is 11.3 Å². The summed E-state index contributed by atoms with van der Waals surface area (Å²) in [5, 5.41) is 9.38. The SMILES string of the molecule is O=C(NCc1ccc2sccc2c1)C1CNCCO1. The van der Waals surface area contributed by atoms with E-state index >= 15 is 0 Å². The van der Waals surface area contributed by atoms with E-state index in [1.54, 1.807) is 11.3 Å². The summed E-state index contributed by atoms with van der Waals surface area (Å²) in [6.07, 6.45) is -0.362. The number of hydrogen-bond acceptors (Lipinski definition) is 4. The predicted octanol–water partition coefficient (Wildman–Crippen LogP) is 1.51. The molecule has 1 atom stereocenters. The molecule has 1 unspecified atom stereocenters. The van der Waals surface area contributed by atoms with Crippen LogP contribution in [0.2, 0.25) is 0 Å². The molecule has 2 N–H and O–H groups in total. The van der Waals surface area contributed by atoms with Crippen LogP contribution >= 0.6 is 11.3 Å². The van der Waals surface area contributed by atoms with Crippen LogP contribution in [0.4, 0.5) is 0 Å². The summed E-state index contributed by atoms with van der Waals surface area (Å²) >= 11 is 1.73. The smallest absolute Gasteiger partial charge is 0.250 e. The van der Waals surface area contributed by atoms with Gasteiger partial charge in [0, 0.05) is 24.3 Å². The fourth-order valence-corrected chi connectivity index (χ4v) is 2.93. The Hall–Kier alpha value is -1.43. The Labute approximate surface area is 115 Å². The molecule has 1 saturated heterocycles. The first kappa shape index (κ1) is 12.6. The Kier molecular flexibility index (Phi) is 3.77. The van der Waals surface area contributed by atoms with E-state index in [1.165, 1.54) is 10.1 Å². The quantitative estimate of drug-likeness (QED) is 0.893. The molecule has 2 heterocycles. The third kappa shape index (κ3) is 2.94. The summed E-state index contributed by atoms with van der Waals surface area (Å²) in [5.74, 6) is -0.0439. The predicted molar refractivity (Wildman–Crippen MR) is 76.3 cm³/mol. The number of hydrogen-bond donors (Lipinski definition) is 2. The molecule has 1 aromatic carbocycles. The molecule has 1 aliphatic rings. The fraction of sp³-hybridized carbons (Fsp3) is 0.357. The number of rotatable bonds is 3. The Balaban J connectivity index is 1.60. The molecule has 1 amide bonds. The summed E-state index contributed by atoms with van der Waals surface area (Å²) in [7, 11) is 0. The van der Waals surface area contributed by atoms with Crippen LogP contribution in [0.3, 0.4) is 0 Å². The zero-order valence-electron chi connectivity index (χ0n) is 10.5. The molecular formula is C14H16N2O2S. The second-order valence-electron chi connectivity index (χ2n) is 4.57. The van der Waals surface area contributed by atoms with Crippen LogP contribution < -0.4 is 10.6 Å². The lowest BCUT2D eigenvalue weighted by molar-refractivity contribution is -0.134. The third-order valence-electron chi connectivity index (χ3n) is 3.20. The lowest BCUT2D eigenvalue weighted by Gasteiger charge is -2.22. The maximum Gasteiger partial charge on any atom is 0.250 e. The number of fused-ring (bicyclic) bond motifs is 1. The topological polar surface area (TPSA) is 50.4 Å². The lowest BCUT2D eigenvalue weighted by Crippen LogP contribution is -2.47. The summed E-state index contributed by atoms with van der Waals surface area (Å²) in [5.41, 5.74) is 1.11. The van der Waals surface area contributed by atoms with E-state index in [0.29, 0.717) is 19.7 Å². The maximum absolute atomic E-state index is 11.9. The van der Waals surface area contributed by atoms with Crippen LogP contribution in [-0.2, 0) is 16.1 Å². The molecule has 1 aromatic heterocycles. The fourth-order valence-electron chi connectivity index (χ4n) is 2.16. The van der Waals surface area contributed by atoms with Gasteiger partial charge in [-0.25, -0.2) is 0 Å². The number of amides is 1. The monoisotopic (exact) mass is 276 g/mol. The van der Waals surface area contributed by atoms with Crippen molar-refractivity contribution in [3.63, 3.8) is 0 Å². The van der Waals surface area contributed by atoms with Gasteiger partial charge in [-0.05, 0) is 34.5 Å². The first-order valence-corrected chi connectivity index (χ1v) is 7.27. The Morgan fingerprint density at radius 1 is 1.47 bits per heavy atom. The molecule has 19 heavy (non-hydrogen) atoms. The molecule has 100 valence electrons. The molecule has 2 aromatic rings. The van der Waals surface area contributed by atoms with Crippen molar-refractivity contribution < 1.29 is 9.53 Å². The van der Waals surface area contributed by atoms with Crippen LogP contribution in [0, 0.1) is 0 Å². The molecule has 4 nitrogen and oxygen atoms in total. The highest BCUT2D eigenvalue weighted by Gasteiger charge is 2.21. The summed E-state index contributed by atoms with van der Waals surface area (Å²) < 4.78 is 6.69. The molecule has 0 bridgehead atoms. The van der Waals surface area contributed by atoms with Gasteiger partial charge in [-0.2, -0.15) is 0 Å². The van der Waals surface area contributed by atoms with Crippen LogP contribution in [0.15, 0.2) is 29.6 Å². The molecule has 5 heteroatoms. The van der Waals surface area contributed by atoms with Crippen molar-refractivity contribution in [2.45, 2.75) is 12.6 Å². The van der Waals surface area contributed by atoms with Crippen molar-refractivity contribution in [2.75, 3.05) is 19.7 Å². The minimum atomic E-state index is -0.362. The van der Waals surface area contributed by atoms with E-state index < -0.39 is 0 Å². The molecular weight excluding hydrogens is 260 g/mol. The van der Waals surface area contributed by atoms with Gasteiger partial charge in [0.15, 0.2) is 0 Å². The van der Waals surface area contributed by atoms with Gasteiger partial charge in [0.25, 0.3) is 5.91 Å². The van der Waals surface area contributed by atoms with E-state index in [0.717, 1.165) is 12.1 Å². The number of carbonyl (C=O) groups excluding carboxylic acids is 1. The van der Waals surface area contributed by atoms with Gasteiger partial charge < -0.3 is 15.4 Å². The van der Waals surface area contributed by atoms with Gasteiger partial charge >= 0.3 is 0 Å². The minimum absolute atomic E-state index is 0.0439. The van der Waals surface area contributed by atoms with Crippen molar-refractivity contribution >= 4 is 27.3 Å². The largest absolute Gasteiger partial charge is 0.366 e. The molecule has 0 spiro atoms. The Bertz CT molecular complexity index is 576. The molecule has 3 rings (SSSR count). The second-order valence-corrected chi connectivity index (χ2v) is 5.52. The first-order chi connectivity index (χ1) is 9.33. The highest BCUT2D eigenvalue weighted by molar-refractivity contribution is 7.17. The van der Waals surface area contributed by atoms with Crippen molar-refractivity contribution in [1.82, 2.24) is 10.6 Å². The maximum atomic E-state index is 11.9. The highest BCUT2D eigenvalue weighted by atomic mass is 32.1. The van der Waals surface area contributed by atoms with Crippen molar-refractivity contribution in [3.8, 4) is 0 Å². The summed E-state index contributed by atoms with van der Waals surface area (Å²) in [4.78, 5) is 11.9. The molecule has 0 aliphatic carbocycles. The van der Waals surface area contributed by atoms with Crippen LogP contribution in [0.5, 0.6) is 0 Å². The summed E-state index contributed by atoms with van der Waals surface area (Å²) in [6.45, 7) is 2.55. The van der Waals surface area contributed by atoms with E-state index in [2.05, 4.69) is 40.3 Å². The number of thiophene rings is 1. The standard InChI is InChI=1S/C14H16N2O2S/c17-14(12-9-15-4-5-18-12)16-8-10-1-2-13-11(7-10)3-6-19-13/h1-3,6-7,12,15H,4-5,8-9H2,(H,16,17). The van der Waals surface area contributed by atoms with Crippen LogP contribution in [-0.4, -0.2) is 31.7 Å². The third-order valence-corrected chi connectivity index (χ3v) is 4.10. The molecule has 1 aliphatic heterocycles. The van der Waals surface area contributed by atoms with E-state index in [-0.39, 0.29) is 12.0 Å². The molecule has 0 radical (unpaired) electrons. The zero-order chi connectivity index (χ0) is 13.1. The number of ether oxygens (including phenoxy) is 1. The van der Waals surface area contributed by atoms with Gasteiger partial charge in [0.1, 0.15) is 6.10 Å². The van der Waals surface area contributed by atoms with Crippen molar-refractivity contribution in [3.05, 3.63) is 35.2 Å². The van der Waals surface area contributed by atoms with Gasteiger partial charge in [0.2, 0.25) is 0 Å². The van der Waals surface area contributed by atoms with E-state index in [9.17, 15) is 4.79 Å². The van der Waals surface area contributed by atoms with E-state index in [4.69, 9.17) is 4.74 Å². The number of nitrogens with one attached hydrogen (secondary N) is 2. The van der Waals surface area contributed by atoms with Crippen LogP contribution in [0.25, 0.3) is 10.1 Å². The molecule has 1 fully saturated rings. The average Bonchev–Trinajstić information content (AvgIpc) is 2.93. The van der Waals surface area contributed by atoms with Crippen molar-refractivity contribution in [2.24, 2.45) is 0 Å². The van der Waals surface area contributed by atoms with Crippen LogP contribution in [0.1, 0.15) is 5.56 Å². The first-order valence-electron chi connectivity index (χ1n) is 6.39.